The Morgan fingerprint density at radius 2 is 1.83 bits per heavy atom. The van der Waals surface area contributed by atoms with E-state index in [-0.39, 0.29) is 17.9 Å². The summed E-state index contributed by atoms with van der Waals surface area (Å²) in [7, 11) is -3.35. The zero-order valence-corrected chi connectivity index (χ0v) is 18.2. The van der Waals surface area contributed by atoms with Crippen LogP contribution in [0.2, 0.25) is 0 Å². The number of ether oxygens (including phenoxy) is 1. The maximum absolute atomic E-state index is 12.3. The molecule has 0 aliphatic carbocycles. The molecule has 0 fully saturated rings. The number of hydrogen-bond acceptors (Lipinski definition) is 4. The summed E-state index contributed by atoms with van der Waals surface area (Å²) in [5.41, 5.74) is 3.40. The van der Waals surface area contributed by atoms with Gasteiger partial charge in [0.05, 0.1) is 11.9 Å². The van der Waals surface area contributed by atoms with E-state index in [1.807, 2.05) is 30.3 Å². The van der Waals surface area contributed by atoms with Crippen molar-refractivity contribution in [1.29, 1.82) is 0 Å². The van der Waals surface area contributed by atoms with Crippen molar-refractivity contribution in [3.8, 4) is 5.75 Å². The predicted octanol–water partition coefficient (Wildman–Crippen LogP) is 3.71. The molecular weight excluding hydrogens is 388 g/mol. The number of aryl methyl sites for hydroxylation is 1. The minimum Gasteiger partial charge on any atom is -0.484 e. The monoisotopic (exact) mass is 416 g/mol. The van der Waals surface area contributed by atoms with Crippen LogP contribution in [-0.4, -0.2) is 33.7 Å². The Hall–Kier alpha value is -2.54. The average molecular weight is 417 g/mol. The van der Waals surface area contributed by atoms with Gasteiger partial charge in [0.2, 0.25) is 10.0 Å². The van der Waals surface area contributed by atoms with Gasteiger partial charge in [0.1, 0.15) is 5.75 Å². The summed E-state index contributed by atoms with van der Waals surface area (Å²) in [4.78, 5) is 12.3. The predicted molar refractivity (Wildman–Crippen MR) is 116 cm³/mol. The van der Waals surface area contributed by atoms with Crippen LogP contribution in [-0.2, 0) is 26.7 Å². The van der Waals surface area contributed by atoms with Crippen LogP contribution >= 0.6 is 0 Å². The average Bonchev–Trinajstić information content (AvgIpc) is 2.64. The number of sulfonamides is 1. The first-order valence-electron chi connectivity index (χ1n) is 9.68. The van der Waals surface area contributed by atoms with E-state index >= 15 is 0 Å². The summed E-state index contributed by atoms with van der Waals surface area (Å²) < 4.78 is 31.1. The maximum atomic E-state index is 12.3. The summed E-state index contributed by atoms with van der Waals surface area (Å²) in [6.07, 6.45) is 2.81. The van der Waals surface area contributed by atoms with Crippen LogP contribution in [0.25, 0.3) is 0 Å². The highest BCUT2D eigenvalue weighted by Gasteiger charge is 2.24. The molecule has 1 heterocycles. The van der Waals surface area contributed by atoms with Gasteiger partial charge in [-0.2, -0.15) is 0 Å². The molecule has 156 valence electrons. The van der Waals surface area contributed by atoms with Gasteiger partial charge in [-0.15, -0.1) is 0 Å². The summed E-state index contributed by atoms with van der Waals surface area (Å²) in [6.45, 7) is 6.75. The molecule has 1 aliphatic heterocycles. The first-order valence-corrected chi connectivity index (χ1v) is 11.5. The van der Waals surface area contributed by atoms with Gasteiger partial charge in [0.15, 0.2) is 6.61 Å². The standard InChI is InChI=1S/C22H28N2O4S/c1-22(2,3)17-8-11-19(12-9-17)28-15-21(25)23-18-10-7-16-6-5-13-24(20(16)14-18)29(4,26)27/h7-12,14H,5-6,13,15H2,1-4H3,(H,23,25). The lowest BCUT2D eigenvalue weighted by molar-refractivity contribution is -0.118. The molecule has 1 N–H and O–H groups in total. The SMILES string of the molecule is CC(C)(C)c1ccc(OCC(=O)Nc2ccc3c(c2)N(S(C)(=O)=O)CCC3)cc1. The molecule has 0 spiro atoms. The molecule has 0 saturated carbocycles. The van der Waals surface area contributed by atoms with Gasteiger partial charge >= 0.3 is 0 Å². The summed E-state index contributed by atoms with van der Waals surface area (Å²) in [5, 5.41) is 2.78. The molecule has 0 radical (unpaired) electrons. The lowest BCUT2D eigenvalue weighted by Gasteiger charge is -2.29. The number of carbonyl (C=O) groups is 1. The summed E-state index contributed by atoms with van der Waals surface area (Å²) >= 11 is 0. The highest BCUT2D eigenvalue weighted by molar-refractivity contribution is 7.92. The Labute approximate surface area is 172 Å². The fraction of sp³-hybridized carbons (Fsp3) is 0.409. The topological polar surface area (TPSA) is 75.7 Å². The number of carbonyl (C=O) groups excluding carboxylic acids is 1. The van der Waals surface area contributed by atoms with Crippen LogP contribution in [0.1, 0.15) is 38.3 Å². The third-order valence-electron chi connectivity index (χ3n) is 4.94. The molecule has 29 heavy (non-hydrogen) atoms. The molecule has 0 bridgehead atoms. The zero-order valence-electron chi connectivity index (χ0n) is 17.4. The molecule has 1 aliphatic rings. The Kier molecular flexibility index (Phi) is 5.89. The summed E-state index contributed by atoms with van der Waals surface area (Å²) in [6, 6.07) is 13.1. The number of fused-ring (bicyclic) bond motifs is 1. The van der Waals surface area contributed by atoms with Crippen molar-refractivity contribution in [2.45, 2.75) is 39.0 Å². The van der Waals surface area contributed by atoms with E-state index in [9.17, 15) is 13.2 Å². The number of benzene rings is 2. The molecule has 1 amide bonds. The molecule has 6 nitrogen and oxygen atoms in total. The van der Waals surface area contributed by atoms with Gasteiger partial charge in [-0.3, -0.25) is 9.10 Å². The minimum absolute atomic E-state index is 0.0577. The summed E-state index contributed by atoms with van der Waals surface area (Å²) in [5.74, 6) is 0.327. The lowest BCUT2D eigenvalue weighted by Crippen LogP contribution is -2.34. The maximum Gasteiger partial charge on any atom is 0.262 e. The van der Waals surface area contributed by atoms with E-state index in [4.69, 9.17) is 4.74 Å². The molecule has 0 atom stereocenters. The first-order chi connectivity index (χ1) is 13.5. The highest BCUT2D eigenvalue weighted by atomic mass is 32.2. The number of nitrogens with one attached hydrogen (secondary N) is 1. The second-order valence-corrected chi connectivity index (χ2v) is 10.3. The van der Waals surface area contributed by atoms with E-state index in [0.717, 1.165) is 18.4 Å². The second-order valence-electron chi connectivity index (χ2n) is 8.39. The van der Waals surface area contributed by atoms with Gasteiger partial charge in [0, 0.05) is 12.2 Å². The van der Waals surface area contributed by atoms with Gasteiger partial charge in [-0.1, -0.05) is 39.0 Å². The number of hydrogen-bond donors (Lipinski definition) is 1. The lowest BCUT2D eigenvalue weighted by atomic mass is 9.87. The van der Waals surface area contributed by atoms with Gasteiger partial charge in [-0.25, -0.2) is 8.42 Å². The number of rotatable bonds is 5. The van der Waals surface area contributed by atoms with Crippen LogP contribution < -0.4 is 14.4 Å². The molecule has 0 aromatic heterocycles. The largest absolute Gasteiger partial charge is 0.484 e. The minimum atomic E-state index is -3.35. The third kappa shape index (κ3) is 5.29. The Morgan fingerprint density at radius 3 is 2.45 bits per heavy atom. The molecule has 2 aromatic carbocycles. The van der Waals surface area contributed by atoms with Crippen LogP contribution in [0.5, 0.6) is 5.75 Å². The van der Waals surface area contributed by atoms with Crippen molar-refractivity contribution in [3.05, 3.63) is 53.6 Å². The van der Waals surface area contributed by atoms with E-state index < -0.39 is 10.0 Å². The number of nitrogens with zero attached hydrogens (tertiary/aromatic N) is 1. The van der Waals surface area contributed by atoms with Crippen LogP contribution in [0.15, 0.2) is 42.5 Å². The molecule has 0 unspecified atom stereocenters. The first kappa shape index (κ1) is 21.2. The molecule has 7 heteroatoms. The quantitative estimate of drug-likeness (QED) is 0.806. The van der Waals surface area contributed by atoms with E-state index in [2.05, 4.69) is 26.1 Å². The van der Waals surface area contributed by atoms with Crippen molar-refractivity contribution in [3.63, 3.8) is 0 Å². The van der Waals surface area contributed by atoms with Crippen molar-refractivity contribution < 1.29 is 17.9 Å². The van der Waals surface area contributed by atoms with E-state index in [0.29, 0.717) is 23.7 Å². The van der Waals surface area contributed by atoms with Gasteiger partial charge < -0.3 is 10.1 Å². The van der Waals surface area contributed by atoms with Crippen LogP contribution in [0.3, 0.4) is 0 Å². The fourth-order valence-corrected chi connectivity index (χ4v) is 4.35. The van der Waals surface area contributed by atoms with Crippen LogP contribution in [0.4, 0.5) is 11.4 Å². The smallest absolute Gasteiger partial charge is 0.262 e. The fourth-order valence-electron chi connectivity index (χ4n) is 3.36. The van der Waals surface area contributed by atoms with Crippen molar-refractivity contribution in [2.24, 2.45) is 0 Å². The van der Waals surface area contributed by atoms with E-state index in [1.54, 1.807) is 12.1 Å². The Balaban J connectivity index is 1.64. The second kappa shape index (κ2) is 8.06. The number of amides is 1. The number of anilines is 2. The van der Waals surface area contributed by atoms with Crippen molar-refractivity contribution in [2.75, 3.05) is 29.0 Å². The van der Waals surface area contributed by atoms with Crippen molar-refractivity contribution >= 4 is 27.3 Å². The van der Waals surface area contributed by atoms with Crippen molar-refractivity contribution in [1.82, 2.24) is 0 Å². The molecule has 0 saturated heterocycles. The Morgan fingerprint density at radius 1 is 1.14 bits per heavy atom. The Bertz CT molecular complexity index is 992. The van der Waals surface area contributed by atoms with Gasteiger partial charge in [-0.05, 0) is 53.6 Å². The zero-order chi connectivity index (χ0) is 21.2. The molecule has 3 rings (SSSR count). The third-order valence-corrected chi connectivity index (χ3v) is 6.12. The normalized spacial score (nSPS) is 14.3. The highest BCUT2D eigenvalue weighted by Crippen LogP contribution is 2.31. The molecule has 2 aromatic rings. The van der Waals surface area contributed by atoms with E-state index in [1.165, 1.54) is 16.1 Å². The van der Waals surface area contributed by atoms with Crippen LogP contribution in [0, 0.1) is 0 Å². The van der Waals surface area contributed by atoms with Gasteiger partial charge in [0.25, 0.3) is 5.91 Å². The molecular formula is C22H28N2O4S.